The molecule has 1 fully saturated rings. The van der Waals surface area contributed by atoms with Crippen LogP contribution in [0.1, 0.15) is 12.8 Å². The molecule has 1 saturated heterocycles. The molecule has 176 valence electrons. The van der Waals surface area contributed by atoms with Gasteiger partial charge in [-0.2, -0.15) is 4.31 Å². The summed E-state index contributed by atoms with van der Waals surface area (Å²) in [6, 6.07) is 18.7. The van der Waals surface area contributed by atoms with E-state index in [9.17, 15) is 22.4 Å². The first kappa shape index (κ1) is 23.4. The van der Waals surface area contributed by atoms with E-state index in [-0.39, 0.29) is 11.4 Å². The van der Waals surface area contributed by atoms with Crippen LogP contribution in [0.2, 0.25) is 0 Å². The number of nitrogens with zero attached hydrogens (tertiary/aromatic N) is 1. The number of hydrogen-bond acceptors (Lipinski definition) is 4. The number of benzene rings is 3. The predicted molar refractivity (Wildman–Crippen MR) is 127 cm³/mol. The first-order chi connectivity index (χ1) is 16.3. The molecule has 3 N–H and O–H groups in total. The summed E-state index contributed by atoms with van der Waals surface area (Å²) in [5, 5.41) is 8.14. The third-order valence-electron chi connectivity index (χ3n) is 5.37. The average molecular weight is 483 g/mol. The second-order valence-electron chi connectivity index (χ2n) is 7.74. The number of urea groups is 1. The van der Waals surface area contributed by atoms with E-state index >= 15 is 0 Å². The highest BCUT2D eigenvalue weighted by atomic mass is 32.2. The van der Waals surface area contributed by atoms with Crippen LogP contribution in [0.5, 0.6) is 0 Å². The van der Waals surface area contributed by atoms with Gasteiger partial charge in [0.05, 0.1) is 4.90 Å². The maximum Gasteiger partial charge on any atom is 0.323 e. The van der Waals surface area contributed by atoms with Gasteiger partial charge in [-0.25, -0.2) is 17.6 Å². The second-order valence-corrected chi connectivity index (χ2v) is 9.63. The molecule has 0 aromatic heterocycles. The Balaban J connectivity index is 1.38. The summed E-state index contributed by atoms with van der Waals surface area (Å²) < 4.78 is 40.3. The number of anilines is 3. The van der Waals surface area contributed by atoms with Crippen LogP contribution >= 0.6 is 0 Å². The van der Waals surface area contributed by atoms with E-state index < -0.39 is 33.8 Å². The Morgan fingerprint density at radius 1 is 0.794 bits per heavy atom. The van der Waals surface area contributed by atoms with Crippen LogP contribution in [0.4, 0.5) is 26.2 Å². The first-order valence-corrected chi connectivity index (χ1v) is 12.1. The summed E-state index contributed by atoms with van der Waals surface area (Å²) in [5.74, 6) is -0.990. The van der Waals surface area contributed by atoms with Gasteiger partial charge in [0.25, 0.3) is 0 Å². The fraction of sp³-hybridized carbons (Fsp3) is 0.167. The van der Waals surface area contributed by atoms with Gasteiger partial charge < -0.3 is 16.0 Å². The van der Waals surface area contributed by atoms with Crippen molar-refractivity contribution < 1.29 is 22.4 Å². The van der Waals surface area contributed by atoms with Gasteiger partial charge in [0, 0.05) is 23.6 Å². The number of sulfonamides is 1. The van der Waals surface area contributed by atoms with E-state index in [2.05, 4.69) is 16.0 Å². The minimum atomic E-state index is -3.94. The molecule has 1 unspecified atom stereocenters. The van der Waals surface area contributed by atoms with Gasteiger partial charge in [0.1, 0.15) is 11.9 Å². The Morgan fingerprint density at radius 3 is 1.97 bits per heavy atom. The first-order valence-electron chi connectivity index (χ1n) is 10.6. The largest absolute Gasteiger partial charge is 0.325 e. The van der Waals surface area contributed by atoms with Crippen LogP contribution in [0.15, 0.2) is 83.8 Å². The van der Waals surface area contributed by atoms with Crippen LogP contribution in [-0.2, 0) is 14.8 Å². The summed E-state index contributed by atoms with van der Waals surface area (Å²) in [7, 11) is -3.94. The Morgan fingerprint density at radius 2 is 1.35 bits per heavy atom. The zero-order valence-electron chi connectivity index (χ0n) is 18.1. The standard InChI is InChI=1S/C24H23FN4O4S/c25-17-8-14-21(15-9-17)34(32,33)29-16-4-7-22(29)23(30)26-19-10-12-20(13-11-19)28-24(31)27-18-5-2-1-3-6-18/h1-3,5-6,8-15,22H,4,7,16H2,(H,26,30)(H2,27,28,31). The molecule has 8 nitrogen and oxygen atoms in total. The fourth-order valence-corrected chi connectivity index (χ4v) is 5.37. The molecule has 1 atom stereocenters. The maximum absolute atomic E-state index is 13.2. The van der Waals surface area contributed by atoms with Crippen LogP contribution in [0.3, 0.4) is 0 Å². The van der Waals surface area contributed by atoms with E-state index in [1.165, 1.54) is 12.1 Å². The van der Waals surface area contributed by atoms with Gasteiger partial charge in [-0.15, -0.1) is 0 Å². The summed E-state index contributed by atoms with van der Waals surface area (Å²) in [6.45, 7) is 0.206. The van der Waals surface area contributed by atoms with E-state index in [1.54, 1.807) is 36.4 Å². The van der Waals surface area contributed by atoms with Gasteiger partial charge in [0.2, 0.25) is 15.9 Å². The number of hydrogen-bond donors (Lipinski definition) is 3. The molecule has 34 heavy (non-hydrogen) atoms. The molecule has 0 saturated carbocycles. The molecule has 0 bridgehead atoms. The lowest BCUT2D eigenvalue weighted by atomic mass is 10.2. The highest BCUT2D eigenvalue weighted by Gasteiger charge is 2.39. The lowest BCUT2D eigenvalue weighted by Gasteiger charge is -2.23. The van der Waals surface area contributed by atoms with Gasteiger partial charge in [-0.3, -0.25) is 4.79 Å². The number of nitrogens with one attached hydrogen (secondary N) is 3. The van der Waals surface area contributed by atoms with E-state index in [4.69, 9.17) is 0 Å². The highest BCUT2D eigenvalue weighted by Crippen LogP contribution is 2.27. The Labute approximate surface area is 196 Å². The number of carbonyl (C=O) groups excluding carboxylic acids is 2. The molecule has 3 aromatic carbocycles. The zero-order valence-corrected chi connectivity index (χ0v) is 18.9. The number of halogens is 1. The molecule has 4 rings (SSSR count). The third-order valence-corrected chi connectivity index (χ3v) is 7.29. The normalized spacial score (nSPS) is 16.1. The molecular formula is C24H23FN4O4S. The van der Waals surface area contributed by atoms with Crippen LogP contribution in [0, 0.1) is 5.82 Å². The minimum Gasteiger partial charge on any atom is -0.325 e. The quantitative estimate of drug-likeness (QED) is 0.488. The fourth-order valence-electron chi connectivity index (χ4n) is 3.71. The maximum atomic E-state index is 13.2. The van der Waals surface area contributed by atoms with Crippen molar-refractivity contribution in [3.05, 3.63) is 84.7 Å². The lowest BCUT2D eigenvalue weighted by Crippen LogP contribution is -2.43. The average Bonchev–Trinajstić information content (AvgIpc) is 3.32. The minimum absolute atomic E-state index is 0.0576. The molecule has 0 aliphatic carbocycles. The van der Waals surface area contributed by atoms with E-state index in [0.717, 1.165) is 16.4 Å². The molecule has 3 amide bonds. The van der Waals surface area contributed by atoms with Crippen LogP contribution < -0.4 is 16.0 Å². The Hall–Kier alpha value is -3.76. The van der Waals surface area contributed by atoms with Gasteiger partial charge in [0.15, 0.2) is 0 Å². The van der Waals surface area contributed by atoms with Crippen molar-refractivity contribution in [2.45, 2.75) is 23.8 Å². The van der Waals surface area contributed by atoms with Crippen molar-refractivity contribution in [3.63, 3.8) is 0 Å². The molecule has 1 aliphatic rings. The molecule has 0 radical (unpaired) electrons. The van der Waals surface area contributed by atoms with Crippen molar-refractivity contribution in [1.29, 1.82) is 0 Å². The molecule has 1 heterocycles. The number of amides is 3. The summed E-state index contributed by atoms with van der Waals surface area (Å²) >= 11 is 0. The lowest BCUT2D eigenvalue weighted by molar-refractivity contribution is -0.119. The summed E-state index contributed by atoms with van der Waals surface area (Å²) in [4.78, 5) is 24.9. The zero-order chi connectivity index (χ0) is 24.1. The topological polar surface area (TPSA) is 108 Å². The number of rotatable bonds is 6. The number of carbonyl (C=O) groups is 2. The second kappa shape index (κ2) is 10.0. The summed E-state index contributed by atoms with van der Waals surface area (Å²) in [5.41, 5.74) is 1.64. The Kier molecular flexibility index (Phi) is 6.90. The van der Waals surface area contributed by atoms with Crippen LogP contribution in [-0.4, -0.2) is 37.2 Å². The van der Waals surface area contributed by atoms with E-state index in [0.29, 0.717) is 29.9 Å². The van der Waals surface area contributed by atoms with Gasteiger partial charge in [-0.1, -0.05) is 18.2 Å². The van der Waals surface area contributed by atoms with Crippen molar-refractivity contribution in [1.82, 2.24) is 4.31 Å². The third kappa shape index (κ3) is 5.41. The smallest absolute Gasteiger partial charge is 0.323 e. The molecule has 10 heteroatoms. The summed E-state index contributed by atoms with van der Waals surface area (Å²) in [6.07, 6.45) is 0.920. The van der Waals surface area contributed by atoms with Crippen molar-refractivity contribution in [2.24, 2.45) is 0 Å². The molecule has 1 aliphatic heterocycles. The highest BCUT2D eigenvalue weighted by molar-refractivity contribution is 7.89. The van der Waals surface area contributed by atoms with Crippen LogP contribution in [0.25, 0.3) is 0 Å². The van der Waals surface area contributed by atoms with E-state index in [1.807, 2.05) is 18.2 Å². The molecule has 0 spiro atoms. The Bertz CT molecular complexity index is 1270. The SMILES string of the molecule is O=C(Nc1ccccc1)Nc1ccc(NC(=O)C2CCCN2S(=O)(=O)c2ccc(F)cc2)cc1. The molecule has 3 aromatic rings. The monoisotopic (exact) mass is 482 g/mol. The van der Waals surface area contributed by atoms with Crippen molar-refractivity contribution in [2.75, 3.05) is 22.5 Å². The van der Waals surface area contributed by atoms with Gasteiger partial charge >= 0.3 is 6.03 Å². The van der Waals surface area contributed by atoms with Gasteiger partial charge in [-0.05, 0) is 73.5 Å². The predicted octanol–water partition coefficient (Wildman–Crippen LogP) is 4.26. The van der Waals surface area contributed by atoms with Crippen molar-refractivity contribution >= 4 is 39.0 Å². The number of para-hydroxylation sites is 1. The molecular weight excluding hydrogens is 459 g/mol. The van der Waals surface area contributed by atoms with Crippen molar-refractivity contribution in [3.8, 4) is 0 Å².